The number of amides is 2. The lowest BCUT2D eigenvalue weighted by molar-refractivity contribution is -0.384. The predicted molar refractivity (Wildman–Crippen MR) is 173 cm³/mol. The Balaban J connectivity index is 1.81. The third-order valence-electron chi connectivity index (χ3n) is 7.41. The van der Waals surface area contributed by atoms with Crippen molar-refractivity contribution < 1.29 is 22.9 Å². The van der Waals surface area contributed by atoms with Crippen molar-refractivity contribution in [1.82, 2.24) is 10.2 Å². The number of rotatable bonds is 14. The van der Waals surface area contributed by atoms with E-state index < -0.39 is 33.4 Å². The average molecular weight is 629 g/mol. The molecule has 234 valence electrons. The average Bonchev–Trinajstić information content (AvgIpc) is 3.06. The number of hydrogen-bond donors (Lipinski definition) is 1. The zero-order chi connectivity index (χ0) is 32.4. The molecule has 0 saturated carbocycles. The van der Waals surface area contributed by atoms with Crippen molar-refractivity contribution in [3.63, 3.8) is 0 Å². The van der Waals surface area contributed by atoms with Gasteiger partial charge in [0.2, 0.25) is 11.8 Å². The molecule has 45 heavy (non-hydrogen) atoms. The lowest BCUT2D eigenvalue weighted by Crippen LogP contribution is -2.54. The fourth-order valence-electron chi connectivity index (χ4n) is 4.79. The number of carbonyl (C=O) groups is 2. The molecule has 4 aromatic carbocycles. The summed E-state index contributed by atoms with van der Waals surface area (Å²) in [5, 5.41) is 14.6. The van der Waals surface area contributed by atoms with Gasteiger partial charge in [-0.3, -0.25) is 24.0 Å². The summed E-state index contributed by atoms with van der Waals surface area (Å²) in [5.41, 5.74) is 1.18. The number of sulfonamides is 1. The molecular formula is C34H36N4O6S. The van der Waals surface area contributed by atoms with Crippen LogP contribution in [0.5, 0.6) is 0 Å². The second-order valence-electron chi connectivity index (χ2n) is 10.6. The summed E-state index contributed by atoms with van der Waals surface area (Å²) >= 11 is 0. The molecule has 0 spiro atoms. The first-order chi connectivity index (χ1) is 21.6. The van der Waals surface area contributed by atoms with Crippen LogP contribution in [0.2, 0.25) is 0 Å². The normalized spacial score (nSPS) is 12.5. The van der Waals surface area contributed by atoms with E-state index in [1.807, 2.05) is 74.5 Å². The highest BCUT2D eigenvalue weighted by atomic mass is 32.2. The number of nitrogens with one attached hydrogen (secondary N) is 1. The molecule has 0 aliphatic rings. The van der Waals surface area contributed by atoms with Crippen LogP contribution in [-0.2, 0) is 32.6 Å². The first-order valence-corrected chi connectivity index (χ1v) is 16.0. The van der Waals surface area contributed by atoms with E-state index in [0.29, 0.717) is 6.42 Å². The summed E-state index contributed by atoms with van der Waals surface area (Å²) < 4.78 is 28.9. The summed E-state index contributed by atoms with van der Waals surface area (Å²) in [6, 6.07) is 29.9. The summed E-state index contributed by atoms with van der Waals surface area (Å²) in [5.74, 6) is -1.02. The summed E-state index contributed by atoms with van der Waals surface area (Å²) in [6.07, 6.45) is 0.857. The van der Waals surface area contributed by atoms with Gasteiger partial charge < -0.3 is 10.2 Å². The van der Waals surface area contributed by atoms with Crippen LogP contribution in [-0.4, -0.2) is 48.7 Å². The predicted octanol–water partition coefficient (Wildman–Crippen LogP) is 5.34. The van der Waals surface area contributed by atoms with Crippen LogP contribution in [0.3, 0.4) is 0 Å². The largest absolute Gasteiger partial charge is 0.352 e. The van der Waals surface area contributed by atoms with E-state index in [-0.39, 0.29) is 41.2 Å². The van der Waals surface area contributed by atoms with E-state index in [0.717, 1.165) is 21.5 Å². The molecule has 0 heterocycles. The van der Waals surface area contributed by atoms with E-state index in [1.54, 1.807) is 18.2 Å². The third-order valence-corrected chi connectivity index (χ3v) is 9.19. The lowest BCUT2D eigenvalue weighted by atomic mass is 10.0. The van der Waals surface area contributed by atoms with Gasteiger partial charge in [0, 0.05) is 31.1 Å². The summed E-state index contributed by atoms with van der Waals surface area (Å²) in [4.78, 5) is 40.5. The van der Waals surface area contributed by atoms with Gasteiger partial charge in [-0.2, -0.15) is 0 Å². The third kappa shape index (κ3) is 8.54. The van der Waals surface area contributed by atoms with E-state index in [2.05, 4.69) is 5.32 Å². The highest BCUT2D eigenvalue weighted by Crippen LogP contribution is 2.28. The second kappa shape index (κ2) is 15.1. The first-order valence-electron chi connectivity index (χ1n) is 14.6. The maximum atomic E-state index is 14.4. The van der Waals surface area contributed by atoms with Crippen LogP contribution in [0.15, 0.2) is 120 Å². The van der Waals surface area contributed by atoms with Crippen LogP contribution in [0.4, 0.5) is 11.4 Å². The number of hydrogen-bond acceptors (Lipinski definition) is 6. The van der Waals surface area contributed by atoms with E-state index in [9.17, 15) is 28.1 Å². The Kier molecular flexibility index (Phi) is 11.0. The van der Waals surface area contributed by atoms with Crippen LogP contribution in [0.1, 0.15) is 31.4 Å². The van der Waals surface area contributed by atoms with Gasteiger partial charge in [0.25, 0.3) is 15.7 Å². The van der Waals surface area contributed by atoms with Crippen molar-refractivity contribution in [1.29, 1.82) is 0 Å². The Morgan fingerprint density at radius 2 is 1.42 bits per heavy atom. The molecule has 11 heteroatoms. The lowest BCUT2D eigenvalue weighted by Gasteiger charge is -2.34. The molecule has 0 radical (unpaired) electrons. The molecule has 0 saturated heterocycles. The van der Waals surface area contributed by atoms with Gasteiger partial charge in [-0.25, -0.2) is 8.42 Å². The van der Waals surface area contributed by atoms with Gasteiger partial charge in [0.05, 0.1) is 15.5 Å². The monoisotopic (exact) mass is 628 g/mol. The van der Waals surface area contributed by atoms with Gasteiger partial charge in [-0.1, -0.05) is 91.9 Å². The van der Waals surface area contributed by atoms with Gasteiger partial charge in [0.15, 0.2) is 0 Å². The Bertz CT molecular complexity index is 1700. The SMILES string of the molecule is CC[C@@H](C)NC(=O)[C@@H](Cc1ccccc1)N(Cc1ccccc1)C(=O)CN(c1cccc([N+](=O)[O-])c1)S(=O)(=O)c1ccccc1. The van der Waals surface area contributed by atoms with Crippen LogP contribution in [0, 0.1) is 10.1 Å². The number of anilines is 1. The summed E-state index contributed by atoms with van der Waals surface area (Å²) in [6.45, 7) is 3.14. The molecular weight excluding hydrogens is 592 g/mol. The van der Waals surface area contributed by atoms with Gasteiger partial charge in [0.1, 0.15) is 12.6 Å². The standard InChI is InChI=1S/C34H36N4O6S/c1-3-26(2)35-34(40)32(22-27-14-7-4-8-15-27)36(24-28-16-9-5-10-17-28)33(39)25-37(29-18-13-19-30(23-29)38(41)42)45(43,44)31-20-11-6-12-21-31/h4-21,23,26,32H,3,22,24-25H2,1-2H3,(H,35,40)/t26-,32-/m1/s1. The zero-order valence-corrected chi connectivity index (χ0v) is 26.0. The maximum Gasteiger partial charge on any atom is 0.271 e. The molecule has 0 bridgehead atoms. The molecule has 1 N–H and O–H groups in total. The number of nitro groups is 1. The van der Waals surface area contributed by atoms with Crippen molar-refractivity contribution >= 4 is 33.2 Å². The number of carbonyl (C=O) groups excluding carboxylic acids is 2. The topological polar surface area (TPSA) is 130 Å². The number of nitrogens with zero attached hydrogens (tertiary/aromatic N) is 3. The fraction of sp³-hybridized carbons (Fsp3) is 0.235. The molecule has 0 fully saturated rings. The molecule has 0 aliphatic heterocycles. The van der Waals surface area contributed by atoms with Crippen LogP contribution >= 0.6 is 0 Å². The van der Waals surface area contributed by atoms with Crippen molar-refractivity contribution in [3.8, 4) is 0 Å². The smallest absolute Gasteiger partial charge is 0.271 e. The molecule has 0 aliphatic carbocycles. The van der Waals surface area contributed by atoms with Gasteiger partial charge in [-0.05, 0) is 42.7 Å². The maximum absolute atomic E-state index is 14.4. The Morgan fingerprint density at radius 1 is 0.844 bits per heavy atom. The highest BCUT2D eigenvalue weighted by molar-refractivity contribution is 7.92. The minimum atomic E-state index is -4.36. The van der Waals surface area contributed by atoms with Crippen molar-refractivity contribution in [2.75, 3.05) is 10.8 Å². The minimum absolute atomic E-state index is 0.0270. The van der Waals surface area contributed by atoms with Gasteiger partial charge >= 0.3 is 0 Å². The number of benzene rings is 4. The minimum Gasteiger partial charge on any atom is -0.352 e. The Hall–Kier alpha value is -5.03. The molecule has 2 atom stereocenters. The highest BCUT2D eigenvalue weighted by Gasteiger charge is 2.35. The Morgan fingerprint density at radius 3 is 2.00 bits per heavy atom. The van der Waals surface area contributed by atoms with E-state index in [1.165, 1.54) is 35.2 Å². The fourth-order valence-corrected chi connectivity index (χ4v) is 6.21. The second-order valence-corrected chi connectivity index (χ2v) is 12.5. The molecule has 10 nitrogen and oxygen atoms in total. The summed E-state index contributed by atoms with van der Waals surface area (Å²) in [7, 11) is -4.36. The van der Waals surface area contributed by atoms with Crippen molar-refractivity contribution in [2.24, 2.45) is 0 Å². The quantitative estimate of drug-likeness (QED) is 0.148. The van der Waals surface area contributed by atoms with Crippen LogP contribution in [0.25, 0.3) is 0 Å². The van der Waals surface area contributed by atoms with Crippen LogP contribution < -0.4 is 9.62 Å². The molecule has 4 aromatic rings. The molecule has 0 unspecified atom stereocenters. The van der Waals surface area contributed by atoms with Crippen molar-refractivity contribution in [3.05, 3.63) is 137 Å². The van der Waals surface area contributed by atoms with Crippen molar-refractivity contribution in [2.45, 2.75) is 50.2 Å². The molecule has 4 rings (SSSR count). The zero-order valence-electron chi connectivity index (χ0n) is 25.2. The Labute approximate surface area is 263 Å². The number of nitro benzene ring substituents is 1. The molecule has 0 aromatic heterocycles. The van der Waals surface area contributed by atoms with E-state index >= 15 is 0 Å². The van der Waals surface area contributed by atoms with E-state index in [4.69, 9.17) is 0 Å². The van der Waals surface area contributed by atoms with Gasteiger partial charge in [-0.15, -0.1) is 0 Å². The molecule has 2 amide bonds. The number of non-ortho nitro benzene ring substituents is 1. The first kappa shape index (κ1) is 32.9.